The Hall–Kier alpha value is -1.60. The number of hydrogen-bond acceptors (Lipinski definition) is 5. The number of hydrogen-bond donors (Lipinski definition) is 2. The molecule has 0 aliphatic carbocycles. The Bertz CT molecular complexity index is 526. The maximum absolute atomic E-state index is 12.5. The normalized spacial score (nSPS) is 22.3. The van der Waals surface area contributed by atoms with Crippen LogP contribution in [0.3, 0.4) is 0 Å². The van der Waals surface area contributed by atoms with E-state index in [0.717, 1.165) is 17.9 Å². The maximum Gasteiger partial charge on any atom is 0.244 e. The lowest BCUT2D eigenvalue weighted by atomic mass is 10.2. The summed E-state index contributed by atoms with van der Waals surface area (Å²) in [4.78, 5) is 16.3. The molecule has 0 aromatic carbocycles. The first-order valence-corrected chi connectivity index (χ1v) is 7.21. The minimum atomic E-state index is -0.440. The lowest BCUT2D eigenvalue weighted by Crippen LogP contribution is -2.43. The first-order valence-electron chi connectivity index (χ1n) is 7.21. The first-order chi connectivity index (χ1) is 9.79. The van der Waals surface area contributed by atoms with Crippen molar-refractivity contribution in [1.82, 2.24) is 19.6 Å². The number of aryl methyl sites for hydroxylation is 1. The van der Waals surface area contributed by atoms with Crippen LogP contribution >= 0.6 is 0 Å². The van der Waals surface area contributed by atoms with Gasteiger partial charge in [-0.15, -0.1) is 0 Å². The zero-order chi connectivity index (χ0) is 15.7. The van der Waals surface area contributed by atoms with E-state index in [1.54, 1.807) is 9.58 Å². The predicted molar refractivity (Wildman–Crippen MR) is 80.8 cm³/mol. The standard InChI is InChI=1S/C14H25N5O2/c1-9-14(15)10(2)19(16-9)8-13(21)18-7-12(20)5-11(18)6-17(3)4/h11-12,20H,5-8,15H2,1-4H3. The van der Waals surface area contributed by atoms with Crippen molar-refractivity contribution in [1.29, 1.82) is 0 Å². The molecule has 7 heteroatoms. The van der Waals surface area contributed by atoms with Crippen LogP contribution in [0.1, 0.15) is 17.8 Å². The van der Waals surface area contributed by atoms with Gasteiger partial charge in [0.1, 0.15) is 6.54 Å². The topological polar surface area (TPSA) is 87.6 Å². The van der Waals surface area contributed by atoms with Gasteiger partial charge in [-0.25, -0.2) is 0 Å². The fourth-order valence-electron chi connectivity index (χ4n) is 2.88. The highest BCUT2D eigenvalue weighted by Crippen LogP contribution is 2.20. The van der Waals surface area contributed by atoms with Gasteiger partial charge in [0.2, 0.25) is 5.91 Å². The maximum atomic E-state index is 12.5. The van der Waals surface area contributed by atoms with Crippen molar-refractivity contribution in [3.8, 4) is 0 Å². The quantitative estimate of drug-likeness (QED) is 0.789. The van der Waals surface area contributed by atoms with Gasteiger partial charge in [0.15, 0.2) is 0 Å². The molecule has 1 aromatic rings. The number of aliphatic hydroxyl groups excluding tert-OH is 1. The average molecular weight is 295 g/mol. The molecule has 1 aromatic heterocycles. The van der Waals surface area contributed by atoms with Crippen molar-refractivity contribution in [2.45, 2.75) is 39.0 Å². The fraction of sp³-hybridized carbons (Fsp3) is 0.714. The SMILES string of the molecule is Cc1nn(CC(=O)N2CC(O)CC2CN(C)C)c(C)c1N. The Morgan fingerprint density at radius 3 is 2.67 bits per heavy atom. The van der Waals surface area contributed by atoms with Crippen LogP contribution in [0.4, 0.5) is 5.69 Å². The second-order valence-electron chi connectivity index (χ2n) is 6.09. The molecule has 2 unspecified atom stereocenters. The first kappa shape index (κ1) is 15.8. The van der Waals surface area contributed by atoms with Crippen molar-refractivity contribution in [2.24, 2.45) is 0 Å². The molecule has 2 heterocycles. The molecular formula is C14H25N5O2. The molecule has 0 saturated carbocycles. The van der Waals surface area contributed by atoms with Crippen LogP contribution in [0, 0.1) is 13.8 Å². The van der Waals surface area contributed by atoms with Gasteiger partial charge < -0.3 is 20.6 Å². The Labute approximate surface area is 125 Å². The van der Waals surface area contributed by atoms with Gasteiger partial charge >= 0.3 is 0 Å². The van der Waals surface area contributed by atoms with Crippen LogP contribution in [0.15, 0.2) is 0 Å². The molecule has 3 N–H and O–H groups in total. The third-order valence-electron chi connectivity index (χ3n) is 4.01. The molecular weight excluding hydrogens is 270 g/mol. The summed E-state index contributed by atoms with van der Waals surface area (Å²) < 4.78 is 1.64. The number of nitrogens with zero attached hydrogens (tertiary/aromatic N) is 4. The van der Waals surface area contributed by atoms with E-state index < -0.39 is 6.10 Å². The van der Waals surface area contributed by atoms with Crippen LogP contribution in [0.25, 0.3) is 0 Å². The summed E-state index contributed by atoms with van der Waals surface area (Å²) in [5, 5.41) is 14.1. The average Bonchev–Trinajstić information content (AvgIpc) is 2.85. The van der Waals surface area contributed by atoms with E-state index in [4.69, 9.17) is 5.73 Å². The summed E-state index contributed by atoms with van der Waals surface area (Å²) in [6, 6.07) is 0.0526. The van der Waals surface area contributed by atoms with Gasteiger partial charge in [-0.3, -0.25) is 9.48 Å². The molecule has 1 saturated heterocycles. The van der Waals surface area contributed by atoms with Crippen LogP contribution in [-0.4, -0.2) is 69.9 Å². The molecule has 1 amide bonds. The molecule has 1 fully saturated rings. The molecule has 0 bridgehead atoms. The number of carbonyl (C=O) groups is 1. The van der Waals surface area contributed by atoms with Crippen molar-refractivity contribution in [3.63, 3.8) is 0 Å². The minimum Gasteiger partial charge on any atom is -0.396 e. The summed E-state index contributed by atoms with van der Waals surface area (Å²) in [6.07, 6.45) is 0.188. The van der Waals surface area contributed by atoms with E-state index in [0.29, 0.717) is 18.7 Å². The van der Waals surface area contributed by atoms with Crippen LogP contribution in [0.2, 0.25) is 0 Å². The molecule has 2 atom stereocenters. The largest absolute Gasteiger partial charge is 0.396 e. The zero-order valence-corrected chi connectivity index (χ0v) is 13.2. The highest BCUT2D eigenvalue weighted by Gasteiger charge is 2.34. The van der Waals surface area contributed by atoms with Crippen molar-refractivity contribution < 1.29 is 9.90 Å². The Morgan fingerprint density at radius 1 is 1.48 bits per heavy atom. The highest BCUT2D eigenvalue weighted by molar-refractivity contribution is 5.77. The van der Waals surface area contributed by atoms with Gasteiger partial charge in [-0.2, -0.15) is 5.10 Å². The number of likely N-dealkylation sites (N-methyl/N-ethyl adjacent to an activating group) is 1. The van der Waals surface area contributed by atoms with Crippen molar-refractivity contribution >= 4 is 11.6 Å². The van der Waals surface area contributed by atoms with E-state index in [1.807, 2.05) is 32.8 Å². The molecule has 0 spiro atoms. The van der Waals surface area contributed by atoms with Gasteiger partial charge in [0, 0.05) is 19.1 Å². The number of nitrogen functional groups attached to an aromatic ring is 1. The molecule has 2 rings (SSSR count). The van der Waals surface area contributed by atoms with Gasteiger partial charge in [-0.1, -0.05) is 0 Å². The fourth-order valence-corrected chi connectivity index (χ4v) is 2.88. The number of anilines is 1. The summed E-state index contributed by atoms with van der Waals surface area (Å²) in [6.45, 7) is 5.01. The van der Waals surface area contributed by atoms with Gasteiger partial charge in [0.05, 0.1) is 23.2 Å². The summed E-state index contributed by atoms with van der Waals surface area (Å²) in [7, 11) is 3.93. The number of aromatic nitrogens is 2. The number of amides is 1. The number of likely N-dealkylation sites (tertiary alicyclic amines) is 1. The predicted octanol–water partition coefficient (Wildman–Crippen LogP) is -0.394. The lowest BCUT2D eigenvalue weighted by molar-refractivity contribution is -0.133. The number of carbonyl (C=O) groups excluding carboxylic acids is 1. The third-order valence-corrected chi connectivity index (χ3v) is 4.01. The van der Waals surface area contributed by atoms with Crippen LogP contribution in [0.5, 0.6) is 0 Å². The van der Waals surface area contributed by atoms with E-state index in [1.165, 1.54) is 0 Å². The van der Waals surface area contributed by atoms with Gasteiger partial charge in [0.25, 0.3) is 0 Å². The molecule has 7 nitrogen and oxygen atoms in total. The third kappa shape index (κ3) is 3.36. The van der Waals surface area contributed by atoms with E-state index in [9.17, 15) is 9.90 Å². The second kappa shape index (κ2) is 6.03. The smallest absolute Gasteiger partial charge is 0.244 e. The summed E-state index contributed by atoms with van der Waals surface area (Å²) >= 11 is 0. The van der Waals surface area contributed by atoms with Gasteiger partial charge in [-0.05, 0) is 34.4 Å². The summed E-state index contributed by atoms with van der Waals surface area (Å²) in [5.41, 5.74) is 8.08. The van der Waals surface area contributed by atoms with E-state index >= 15 is 0 Å². The Balaban J connectivity index is 2.09. The Kier molecular flexibility index (Phi) is 4.53. The molecule has 118 valence electrons. The van der Waals surface area contributed by atoms with Crippen LogP contribution in [-0.2, 0) is 11.3 Å². The second-order valence-corrected chi connectivity index (χ2v) is 6.09. The summed E-state index contributed by atoms with van der Waals surface area (Å²) in [5.74, 6) is -0.0241. The van der Waals surface area contributed by atoms with Crippen LogP contribution < -0.4 is 5.73 Å². The number of β-amino-alcohol motifs (C(OH)–C–C–N with tert-alkyl or cyclic N) is 1. The lowest BCUT2D eigenvalue weighted by Gasteiger charge is -2.27. The van der Waals surface area contributed by atoms with Crippen molar-refractivity contribution in [2.75, 3.05) is 32.9 Å². The monoisotopic (exact) mass is 295 g/mol. The van der Waals surface area contributed by atoms with E-state index in [2.05, 4.69) is 5.10 Å². The number of nitrogens with two attached hydrogens (primary N) is 1. The molecule has 1 aliphatic rings. The zero-order valence-electron chi connectivity index (χ0n) is 13.2. The Morgan fingerprint density at radius 2 is 2.14 bits per heavy atom. The molecule has 0 radical (unpaired) electrons. The molecule has 21 heavy (non-hydrogen) atoms. The van der Waals surface area contributed by atoms with Crippen molar-refractivity contribution in [3.05, 3.63) is 11.4 Å². The highest BCUT2D eigenvalue weighted by atomic mass is 16.3. The number of rotatable bonds is 4. The minimum absolute atomic E-state index is 0.0241. The molecule has 1 aliphatic heterocycles. The number of aliphatic hydroxyl groups is 1. The van der Waals surface area contributed by atoms with E-state index in [-0.39, 0.29) is 18.5 Å².